The predicted octanol–water partition coefficient (Wildman–Crippen LogP) is 5.40. The van der Waals surface area contributed by atoms with Crippen molar-refractivity contribution in [1.82, 2.24) is 0 Å². The molecule has 6 nitrogen and oxygen atoms in total. The molecule has 1 aliphatic heterocycles. The first kappa shape index (κ1) is 24.4. The van der Waals surface area contributed by atoms with Gasteiger partial charge in [0, 0.05) is 5.69 Å². The summed E-state index contributed by atoms with van der Waals surface area (Å²) in [6.45, 7) is -0.288. The Balaban J connectivity index is 1.44. The maximum Gasteiger partial charge on any atom is 0.270 e. The summed E-state index contributed by atoms with van der Waals surface area (Å²) >= 11 is 6.48. The van der Waals surface area contributed by atoms with Crippen LogP contribution in [0.4, 0.5) is 20.2 Å². The van der Waals surface area contributed by atoms with Crippen molar-refractivity contribution in [3.8, 4) is 11.5 Å². The van der Waals surface area contributed by atoms with Gasteiger partial charge < -0.3 is 14.8 Å². The number of carbonyl (C=O) groups excluding carboxylic acids is 2. The van der Waals surface area contributed by atoms with Crippen LogP contribution in [0, 0.1) is 11.6 Å². The number of hydrogen-bond acceptors (Lipinski definition) is 6. The molecule has 0 unspecified atom stereocenters. The molecule has 0 spiro atoms. The van der Waals surface area contributed by atoms with E-state index in [9.17, 15) is 18.4 Å². The molecule has 1 heterocycles. The summed E-state index contributed by atoms with van der Waals surface area (Å²) in [6, 6.07) is 15.9. The minimum atomic E-state index is -0.424. The molecule has 1 fully saturated rings. The molecule has 0 radical (unpaired) electrons. The van der Waals surface area contributed by atoms with Crippen LogP contribution in [0.5, 0.6) is 11.5 Å². The number of hydrogen-bond donors (Lipinski definition) is 1. The van der Waals surface area contributed by atoms with Gasteiger partial charge >= 0.3 is 0 Å². The van der Waals surface area contributed by atoms with E-state index in [1.54, 1.807) is 24.3 Å². The van der Waals surface area contributed by atoms with E-state index in [1.165, 1.54) is 60.5 Å². The van der Waals surface area contributed by atoms with Crippen molar-refractivity contribution in [3.63, 3.8) is 0 Å². The van der Waals surface area contributed by atoms with Crippen molar-refractivity contribution < 1.29 is 27.8 Å². The van der Waals surface area contributed by atoms with E-state index in [-0.39, 0.29) is 12.5 Å². The Morgan fingerprint density at radius 1 is 1.03 bits per heavy atom. The van der Waals surface area contributed by atoms with Crippen LogP contribution in [-0.2, 0) is 9.59 Å². The third kappa shape index (κ3) is 5.84. The maximum atomic E-state index is 13.2. The van der Waals surface area contributed by atoms with Crippen LogP contribution in [0.15, 0.2) is 71.6 Å². The average Bonchev–Trinajstić information content (AvgIpc) is 3.12. The van der Waals surface area contributed by atoms with Crippen LogP contribution in [0.2, 0.25) is 0 Å². The van der Waals surface area contributed by atoms with Crippen molar-refractivity contribution in [3.05, 3.63) is 88.8 Å². The quantitative estimate of drug-likeness (QED) is 0.338. The average molecular weight is 513 g/mol. The van der Waals surface area contributed by atoms with Gasteiger partial charge in [0.25, 0.3) is 11.8 Å². The fourth-order valence-corrected chi connectivity index (χ4v) is 4.50. The Bertz CT molecular complexity index is 1310. The van der Waals surface area contributed by atoms with Gasteiger partial charge in [-0.25, -0.2) is 8.78 Å². The van der Waals surface area contributed by atoms with E-state index in [4.69, 9.17) is 21.7 Å². The van der Waals surface area contributed by atoms with Gasteiger partial charge in [0.2, 0.25) is 0 Å². The van der Waals surface area contributed by atoms with Crippen molar-refractivity contribution in [2.45, 2.75) is 0 Å². The summed E-state index contributed by atoms with van der Waals surface area (Å²) in [6.07, 6.45) is 1.66. The van der Waals surface area contributed by atoms with E-state index in [1.807, 2.05) is 0 Å². The van der Waals surface area contributed by atoms with E-state index in [0.29, 0.717) is 37.7 Å². The molecule has 0 saturated carbocycles. The Labute approximate surface area is 209 Å². The normalized spacial score (nSPS) is 14.4. The molecule has 1 aliphatic rings. The summed E-state index contributed by atoms with van der Waals surface area (Å²) in [7, 11) is 1.46. The molecule has 3 aromatic carbocycles. The fourth-order valence-electron chi connectivity index (χ4n) is 3.20. The lowest BCUT2D eigenvalue weighted by Crippen LogP contribution is -2.27. The Morgan fingerprint density at radius 3 is 2.34 bits per heavy atom. The first-order valence-corrected chi connectivity index (χ1v) is 11.5. The number of benzene rings is 3. The van der Waals surface area contributed by atoms with E-state index in [0.717, 1.165) is 11.8 Å². The third-order valence-corrected chi connectivity index (χ3v) is 6.15. The molecular weight excluding hydrogens is 494 g/mol. The summed E-state index contributed by atoms with van der Waals surface area (Å²) in [5.41, 5.74) is 1.59. The van der Waals surface area contributed by atoms with Crippen LogP contribution in [0.3, 0.4) is 0 Å². The fraction of sp³-hybridized carbons (Fsp3) is 0.0800. The van der Waals surface area contributed by atoms with Crippen molar-refractivity contribution in [2.24, 2.45) is 0 Å². The highest BCUT2D eigenvalue weighted by molar-refractivity contribution is 8.27. The molecule has 0 aromatic heterocycles. The van der Waals surface area contributed by atoms with E-state index < -0.39 is 17.5 Å². The number of thioether (sulfide) groups is 1. The number of amides is 2. The molecule has 4 rings (SSSR count). The summed E-state index contributed by atoms with van der Waals surface area (Å²) in [5, 5.41) is 2.61. The second kappa shape index (κ2) is 10.7. The van der Waals surface area contributed by atoms with E-state index in [2.05, 4.69) is 5.32 Å². The number of ether oxygens (including phenoxy) is 2. The zero-order valence-corrected chi connectivity index (χ0v) is 19.9. The molecular formula is C25H18F2N2O4S2. The van der Waals surface area contributed by atoms with Gasteiger partial charge in [0.05, 0.1) is 17.7 Å². The second-order valence-corrected chi connectivity index (χ2v) is 8.92. The number of thiocarbonyl (C=S) groups is 1. The molecule has 0 bridgehead atoms. The van der Waals surface area contributed by atoms with Gasteiger partial charge in [0.15, 0.2) is 22.4 Å². The van der Waals surface area contributed by atoms with Gasteiger partial charge in [-0.1, -0.05) is 30.0 Å². The van der Waals surface area contributed by atoms with Gasteiger partial charge in [-0.2, -0.15) is 0 Å². The lowest BCUT2D eigenvalue weighted by molar-refractivity contribution is -0.118. The highest BCUT2D eigenvalue weighted by Gasteiger charge is 2.33. The van der Waals surface area contributed by atoms with Crippen molar-refractivity contribution in [2.75, 3.05) is 23.9 Å². The molecule has 2 amide bonds. The minimum Gasteiger partial charge on any atom is -0.493 e. The molecule has 1 saturated heterocycles. The predicted molar refractivity (Wildman–Crippen MR) is 136 cm³/mol. The lowest BCUT2D eigenvalue weighted by Gasteiger charge is -2.14. The van der Waals surface area contributed by atoms with Crippen LogP contribution in [-0.4, -0.2) is 29.9 Å². The molecule has 0 aliphatic carbocycles. The molecule has 3 aromatic rings. The van der Waals surface area contributed by atoms with Crippen molar-refractivity contribution in [1.29, 1.82) is 0 Å². The standard InChI is InChI=1S/C25H18F2N2O4S2/c1-32-21-12-15(2-11-20(21)33-14-23(30)28-18-7-3-16(26)4-8-18)13-22-24(31)29(25(34)35-22)19-9-5-17(27)6-10-19/h2-13H,14H2,1H3,(H,28,30)/b22-13-. The Hall–Kier alpha value is -3.76. The molecule has 10 heteroatoms. The highest BCUT2D eigenvalue weighted by Crippen LogP contribution is 2.37. The summed E-state index contributed by atoms with van der Waals surface area (Å²) in [5.74, 6) is -0.852. The minimum absolute atomic E-state index is 0.288. The van der Waals surface area contributed by atoms with Gasteiger partial charge in [-0.3, -0.25) is 14.5 Å². The number of nitrogens with zero attached hydrogens (tertiary/aromatic N) is 1. The van der Waals surface area contributed by atoms with Crippen LogP contribution >= 0.6 is 24.0 Å². The zero-order valence-electron chi connectivity index (χ0n) is 18.3. The maximum absolute atomic E-state index is 13.2. The smallest absolute Gasteiger partial charge is 0.270 e. The number of halogens is 2. The monoisotopic (exact) mass is 512 g/mol. The molecule has 178 valence electrons. The zero-order chi connectivity index (χ0) is 24.9. The van der Waals surface area contributed by atoms with Gasteiger partial charge in [0.1, 0.15) is 11.6 Å². The van der Waals surface area contributed by atoms with Crippen LogP contribution in [0.25, 0.3) is 6.08 Å². The summed E-state index contributed by atoms with van der Waals surface area (Å²) in [4.78, 5) is 26.8. The second-order valence-electron chi connectivity index (χ2n) is 7.25. The number of nitrogens with one attached hydrogen (secondary N) is 1. The van der Waals surface area contributed by atoms with Gasteiger partial charge in [-0.05, 0) is 72.3 Å². The first-order chi connectivity index (χ1) is 16.8. The first-order valence-electron chi connectivity index (χ1n) is 10.2. The Morgan fingerprint density at radius 2 is 1.69 bits per heavy atom. The van der Waals surface area contributed by atoms with Crippen molar-refractivity contribution >= 4 is 57.6 Å². The Kier molecular flexibility index (Phi) is 7.42. The summed E-state index contributed by atoms with van der Waals surface area (Å²) < 4.78 is 37.5. The van der Waals surface area contributed by atoms with Crippen LogP contribution < -0.4 is 19.7 Å². The van der Waals surface area contributed by atoms with Crippen LogP contribution in [0.1, 0.15) is 5.56 Å². The number of rotatable bonds is 7. The lowest BCUT2D eigenvalue weighted by atomic mass is 10.2. The highest BCUT2D eigenvalue weighted by atomic mass is 32.2. The largest absolute Gasteiger partial charge is 0.493 e. The van der Waals surface area contributed by atoms with Gasteiger partial charge in [-0.15, -0.1) is 0 Å². The third-order valence-electron chi connectivity index (χ3n) is 4.85. The SMILES string of the molecule is COc1cc(/C=C2\SC(=S)N(c3ccc(F)cc3)C2=O)ccc1OCC(=O)Nc1ccc(F)cc1. The number of carbonyl (C=O) groups is 2. The molecule has 0 atom stereocenters. The molecule has 1 N–H and O–H groups in total. The van der Waals surface area contributed by atoms with E-state index >= 15 is 0 Å². The number of anilines is 2. The number of methoxy groups -OCH3 is 1. The molecule has 35 heavy (non-hydrogen) atoms. The topological polar surface area (TPSA) is 67.9 Å².